The summed E-state index contributed by atoms with van der Waals surface area (Å²) in [6, 6.07) is 4.37. The fourth-order valence-electron chi connectivity index (χ4n) is 1.61. The van der Waals surface area contributed by atoms with Crippen molar-refractivity contribution in [3.63, 3.8) is 0 Å². The monoisotopic (exact) mass is 237 g/mol. The number of ketones is 1. The summed E-state index contributed by atoms with van der Waals surface area (Å²) >= 11 is 0. The third-order valence-electron chi connectivity index (χ3n) is 2.55. The lowest BCUT2D eigenvalue weighted by Gasteiger charge is -2.21. The van der Waals surface area contributed by atoms with Crippen LogP contribution in [0.25, 0.3) is 0 Å². The van der Waals surface area contributed by atoms with Crippen LogP contribution in [0.4, 0.5) is 5.69 Å². The number of Topliss-reactive ketones (excluding diaryl/α,β-unsaturated/α-hetero) is 1. The summed E-state index contributed by atoms with van der Waals surface area (Å²) in [6.45, 7) is 5.47. The number of aliphatic carboxylic acids is 1. The van der Waals surface area contributed by atoms with Gasteiger partial charge in [0.15, 0.2) is 0 Å². The van der Waals surface area contributed by atoms with E-state index in [9.17, 15) is 14.7 Å². The Morgan fingerprint density at radius 2 is 1.82 bits per heavy atom. The molecule has 5 nitrogen and oxygen atoms in total. The van der Waals surface area contributed by atoms with Crippen molar-refractivity contribution in [2.75, 3.05) is 18.0 Å². The molecule has 0 unspecified atom stereocenters. The molecule has 17 heavy (non-hydrogen) atoms. The van der Waals surface area contributed by atoms with Crippen molar-refractivity contribution < 1.29 is 19.8 Å². The quantitative estimate of drug-likeness (QED) is 0.599. The van der Waals surface area contributed by atoms with Gasteiger partial charge in [0.2, 0.25) is 0 Å². The summed E-state index contributed by atoms with van der Waals surface area (Å²) in [5.74, 6) is -2.98. The van der Waals surface area contributed by atoms with Crippen molar-refractivity contribution in [1.82, 2.24) is 0 Å². The van der Waals surface area contributed by atoms with Gasteiger partial charge in [0.1, 0.15) is 5.75 Å². The molecule has 0 saturated carbocycles. The van der Waals surface area contributed by atoms with Gasteiger partial charge in [0, 0.05) is 24.8 Å². The first-order valence-corrected chi connectivity index (χ1v) is 5.36. The average molecular weight is 237 g/mol. The molecule has 0 aliphatic carbocycles. The molecule has 0 radical (unpaired) electrons. The zero-order chi connectivity index (χ0) is 13.0. The van der Waals surface area contributed by atoms with Gasteiger partial charge in [-0.05, 0) is 26.0 Å². The van der Waals surface area contributed by atoms with Crippen molar-refractivity contribution in [2.24, 2.45) is 0 Å². The minimum absolute atomic E-state index is 0.187. The first-order valence-electron chi connectivity index (χ1n) is 5.36. The molecular formula is C12H15NO4. The molecule has 0 spiro atoms. The number of rotatable bonds is 5. The van der Waals surface area contributed by atoms with E-state index in [2.05, 4.69) is 0 Å². The molecular weight excluding hydrogens is 222 g/mol. The normalized spacial score (nSPS) is 10.0. The van der Waals surface area contributed by atoms with Crippen LogP contribution in [0, 0.1) is 0 Å². The van der Waals surface area contributed by atoms with Crippen LogP contribution < -0.4 is 4.90 Å². The van der Waals surface area contributed by atoms with Gasteiger partial charge in [-0.25, -0.2) is 4.79 Å². The minimum Gasteiger partial charge on any atom is -0.507 e. The number of aromatic hydroxyl groups is 1. The molecule has 0 bridgehead atoms. The molecule has 0 fully saturated rings. The molecule has 92 valence electrons. The van der Waals surface area contributed by atoms with E-state index in [0.717, 1.165) is 18.8 Å². The Kier molecular flexibility index (Phi) is 4.09. The molecule has 0 saturated heterocycles. The van der Waals surface area contributed by atoms with Gasteiger partial charge in [-0.15, -0.1) is 0 Å². The lowest BCUT2D eigenvalue weighted by atomic mass is 10.1. The average Bonchev–Trinajstić information content (AvgIpc) is 2.30. The van der Waals surface area contributed by atoms with Gasteiger partial charge in [-0.1, -0.05) is 0 Å². The van der Waals surface area contributed by atoms with Crippen LogP contribution in [0.15, 0.2) is 18.2 Å². The lowest BCUT2D eigenvalue weighted by molar-refractivity contribution is -0.131. The molecule has 0 aromatic heterocycles. The van der Waals surface area contributed by atoms with E-state index in [-0.39, 0.29) is 11.3 Å². The smallest absolute Gasteiger partial charge is 0.377 e. The number of phenols is 1. The van der Waals surface area contributed by atoms with Crippen LogP contribution in [0.1, 0.15) is 24.2 Å². The summed E-state index contributed by atoms with van der Waals surface area (Å²) in [6.07, 6.45) is 0. The molecule has 0 aliphatic rings. The van der Waals surface area contributed by atoms with E-state index in [0.29, 0.717) is 0 Å². The molecule has 0 aliphatic heterocycles. The third-order valence-corrected chi connectivity index (χ3v) is 2.55. The predicted octanol–water partition coefficient (Wildman–Crippen LogP) is 1.51. The summed E-state index contributed by atoms with van der Waals surface area (Å²) in [5.41, 5.74) is 0.572. The number of hydrogen-bond acceptors (Lipinski definition) is 4. The predicted molar refractivity (Wildman–Crippen MR) is 63.6 cm³/mol. The first kappa shape index (κ1) is 13.0. The van der Waals surface area contributed by atoms with Gasteiger partial charge in [0.25, 0.3) is 5.78 Å². The number of carbonyl (C=O) groups excluding carboxylic acids is 1. The highest BCUT2D eigenvalue weighted by Crippen LogP contribution is 2.25. The highest BCUT2D eigenvalue weighted by molar-refractivity contribution is 6.40. The summed E-state index contributed by atoms with van der Waals surface area (Å²) in [7, 11) is 0. The molecule has 1 rings (SSSR count). The lowest BCUT2D eigenvalue weighted by Crippen LogP contribution is -2.22. The maximum absolute atomic E-state index is 11.2. The standard InChI is InChI=1S/C12H15NO4/c1-3-13(4-2)8-5-6-9(10(14)7-8)11(15)12(16)17/h5-7,14H,3-4H2,1-2H3,(H,16,17). The fourth-order valence-corrected chi connectivity index (χ4v) is 1.61. The van der Waals surface area contributed by atoms with Gasteiger partial charge < -0.3 is 15.1 Å². The number of phenolic OH excluding ortho intramolecular Hbond substituents is 1. The van der Waals surface area contributed by atoms with Crippen LogP contribution in [0.2, 0.25) is 0 Å². The van der Waals surface area contributed by atoms with Crippen molar-refractivity contribution >= 4 is 17.4 Å². The number of anilines is 1. The molecule has 2 N–H and O–H groups in total. The molecule has 1 aromatic rings. The Balaban J connectivity index is 3.09. The Morgan fingerprint density at radius 1 is 1.24 bits per heavy atom. The number of hydrogen-bond donors (Lipinski definition) is 2. The zero-order valence-corrected chi connectivity index (χ0v) is 9.80. The molecule has 1 aromatic carbocycles. The Bertz CT molecular complexity index is 438. The van der Waals surface area contributed by atoms with E-state index >= 15 is 0 Å². The topological polar surface area (TPSA) is 77.8 Å². The fraction of sp³-hybridized carbons (Fsp3) is 0.333. The number of carboxylic acid groups (broad SMARTS) is 1. The molecule has 0 amide bonds. The van der Waals surface area contributed by atoms with E-state index in [1.165, 1.54) is 12.1 Å². The molecule has 0 atom stereocenters. The van der Waals surface area contributed by atoms with E-state index in [1.807, 2.05) is 18.7 Å². The number of carbonyl (C=O) groups is 2. The number of benzene rings is 1. The van der Waals surface area contributed by atoms with Crippen molar-refractivity contribution in [2.45, 2.75) is 13.8 Å². The minimum atomic E-state index is -1.57. The molecule has 5 heteroatoms. The van der Waals surface area contributed by atoms with Gasteiger partial charge in [0.05, 0.1) is 5.56 Å². The van der Waals surface area contributed by atoms with Crippen LogP contribution in [0.5, 0.6) is 5.75 Å². The summed E-state index contributed by atoms with van der Waals surface area (Å²) < 4.78 is 0. The second-order valence-corrected chi connectivity index (χ2v) is 3.51. The van der Waals surface area contributed by atoms with E-state index in [1.54, 1.807) is 6.07 Å². The van der Waals surface area contributed by atoms with Crippen LogP contribution in [0.3, 0.4) is 0 Å². The van der Waals surface area contributed by atoms with E-state index < -0.39 is 11.8 Å². The second kappa shape index (κ2) is 5.34. The maximum Gasteiger partial charge on any atom is 0.377 e. The summed E-state index contributed by atoms with van der Waals surface area (Å²) in [4.78, 5) is 23.7. The number of nitrogens with zero attached hydrogens (tertiary/aromatic N) is 1. The van der Waals surface area contributed by atoms with Crippen molar-refractivity contribution in [3.05, 3.63) is 23.8 Å². The zero-order valence-electron chi connectivity index (χ0n) is 9.80. The highest BCUT2D eigenvalue weighted by atomic mass is 16.4. The highest BCUT2D eigenvalue weighted by Gasteiger charge is 2.19. The maximum atomic E-state index is 11.2. The van der Waals surface area contributed by atoms with Crippen LogP contribution in [-0.4, -0.2) is 35.1 Å². The Hall–Kier alpha value is -2.04. The van der Waals surface area contributed by atoms with Gasteiger partial charge in [-0.2, -0.15) is 0 Å². The largest absolute Gasteiger partial charge is 0.507 e. The summed E-state index contributed by atoms with van der Waals surface area (Å²) in [5, 5.41) is 18.2. The van der Waals surface area contributed by atoms with Gasteiger partial charge in [-0.3, -0.25) is 4.79 Å². The van der Waals surface area contributed by atoms with Crippen molar-refractivity contribution in [1.29, 1.82) is 0 Å². The Morgan fingerprint density at radius 3 is 2.24 bits per heavy atom. The van der Waals surface area contributed by atoms with Crippen LogP contribution in [-0.2, 0) is 4.79 Å². The molecule has 0 heterocycles. The van der Waals surface area contributed by atoms with Gasteiger partial charge >= 0.3 is 5.97 Å². The van der Waals surface area contributed by atoms with Crippen LogP contribution >= 0.6 is 0 Å². The number of carboxylic acids is 1. The van der Waals surface area contributed by atoms with E-state index in [4.69, 9.17) is 5.11 Å². The SMILES string of the molecule is CCN(CC)c1ccc(C(=O)C(=O)O)c(O)c1. The second-order valence-electron chi connectivity index (χ2n) is 3.51. The van der Waals surface area contributed by atoms with Crippen molar-refractivity contribution in [3.8, 4) is 5.75 Å². The Labute approximate surface area is 99.3 Å². The first-order chi connectivity index (χ1) is 8.01. The third kappa shape index (κ3) is 2.75.